The highest BCUT2D eigenvalue weighted by atomic mass is 32.1. The summed E-state index contributed by atoms with van der Waals surface area (Å²) in [6, 6.07) is 2.46. The van der Waals surface area contributed by atoms with Crippen molar-refractivity contribution >= 4 is 46.3 Å². The summed E-state index contributed by atoms with van der Waals surface area (Å²) in [5.74, 6) is -7.52. The minimum Gasteiger partial charge on any atom is -0.507 e. The number of phenols is 2. The highest BCUT2D eigenvalue weighted by Crippen LogP contribution is 2.52. The van der Waals surface area contributed by atoms with Gasteiger partial charge in [-0.2, -0.15) is 24.5 Å². The summed E-state index contributed by atoms with van der Waals surface area (Å²) in [6.45, 7) is 2.31. The maximum Gasteiger partial charge on any atom is 0.471 e. The molecule has 6 atom stereocenters. The van der Waals surface area contributed by atoms with Crippen LogP contribution in [0.2, 0.25) is 0 Å². The average Bonchev–Trinajstić information content (AvgIpc) is 3.57. The number of carbonyl (C=O) groups excluding carboxylic acids is 5. The predicted octanol–water partition coefficient (Wildman–Crippen LogP) is 3.57. The molecule has 1 aromatic heterocycles. The number of fused-ring (bicyclic) bond motifs is 3. The van der Waals surface area contributed by atoms with Crippen LogP contribution in [0.25, 0.3) is 0 Å². The number of phenolic OH excluding ortho intramolecular Hbond substituents is 2. The Kier molecular flexibility index (Phi) is 9.18. The van der Waals surface area contributed by atoms with Crippen LogP contribution in [-0.4, -0.2) is 85.8 Å². The zero-order valence-electron chi connectivity index (χ0n) is 26.9. The van der Waals surface area contributed by atoms with Gasteiger partial charge in [0.1, 0.15) is 23.2 Å². The van der Waals surface area contributed by atoms with Gasteiger partial charge in [-0.1, -0.05) is 0 Å². The first-order chi connectivity index (χ1) is 24.3. The van der Waals surface area contributed by atoms with Crippen LogP contribution < -0.4 is 5.32 Å². The third-order valence-electron chi connectivity index (χ3n) is 9.28. The molecule has 6 rings (SSSR count). The van der Waals surface area contributed by atoms with E-state index in [0.29, 0.717) is 0 Å². The number of esters is 1. The van der Waals surface area contributed by atoms with Crippen LogP contribution in [-0.2, 0) is 30.2 Å². The van der Waals surface area contributed by atoms with Crippen LogP contribution in [0, 0.1) is 10.1 Å². The number of nitrogens with one attached hydrogen (secondary N) is 1. The lowest BCUT2D eigenvalue weighted by atomic mass is 9.72. The van der Waals surface area contributed by atoms with Crippen LogP contribution in [0.3, 0.4) is 0 Å². The van der Waals surface area contributed by atoms with Crippen LogP contribution >= 0.6 is 11.3 Å². The van der Waals surface area contributed by atoms with Crippen molar-refractivity contribution in [3.05, 3.63) is 84.1 Å². The largest absolute Gasteiger partial charge is 0.507 e. The lowest BCUT2D eigenvalue weighted by Crippen LogP contribution is -2.59. The molecule has 4 N–H and O–H groups in total. The molecule has 1 aliphatic heterocycles. The van der Waals surface area contributed by atoms with Crippen molar-refractivity contribution in [1.29, 1.82) is 0 Å². The van der Waals surface area contributed by atoms with Crippen LogP contribution in [0.15, 0.2) is 35.0 Å². The van der Waals surface area contributed by atoms with E-state index in [9.17, 15) is 62.6 Å². The number of nitro benzene ring substituents is 1. The molecular weight excluding hydrogens is 721 g/mol. The average molecular weight is 749 g/mol. The normalized spacial score (nSPS) is 25.4. The minimum atomic E-state index is -5.38. The van der Waals surface area contributed by atoms with Gasteiger partial charge in [0, 0.05) is 64.4 Å². The number of hydrogen-bond donors (Lipinski definition) is 4. The zero-order chi connectivity index (χ0) is 38.0. The standard InChI is InChI=1S/C33H27F3N2O13S/c1-12-29(51-30(44)14-3-5-15(6-4-14)38(47)48)19(37-31(45)33(34,35)36)7-21(49-12)50-20-9-32(46,13(2)39)8-16-22(20)28(43)24-23(25(16)40)26(41)17-10-52-11-18(17)27(24)42/h3-6,10-12,19-21,29,40,43,46H,7-9H2,1-2H3,(H,37,45)/t12-,19-,20+,21?,29+,32-/m0/s1. The fourth-order valence-corrected chi connectivity index (χ4v) is 7.44. The van der Waals surface area contributed by atoms with Gasteiger partial charge in [0.15, 0.2) is 23.6 Å². The fourth-order valence-electron chi connectivity index (χ4n) is 6.63. The first-order valence-electron chi connectivity index (χ1n) is 15.5. The van der Waals surface area contributed by atoms with Crippen molar-refractivity contribution in [2.45, 2.75) is 75.5 Å². The smallest absolute Gasteiger partial charge is 0.471 e. The minimum absolute atomic E-state index is 0.0250. The lowest BCUT2D eigenvalue weighted by molar-refractivity contribution is -0.384. The van der Waals surface area contributed by atoms with E-state index < -0.39 is 118 Å². The van der Waals surface area contributed by atoms with Crippen LogP contribution in [0.5, 0.6) is 11.5 Å². The highest BCUT2D eigenvalue weighted by molar-refractivity contribution is 7.08. The molecule has 1 amide bonds. The summed E-state index contributed by atoms with van der Waals surface area (Å²) in [6.07, 6.45) is -13.4. The molecule has 52 heavy (non-hydrogen) atoms. The molecule has 3 aliphatic rings. The van der Waals surface area contributed by atoms with Crippen molar-refractivity contribution in [3.63, 3.8) is 0 Å². The Morgan fingerprint density at radius 1 is 1.06 bits per heavy atom. The third kappa shape index (κ3) is 6.29. The molecule has 2 heterocycles. The number of aromatic hydroxyl groups is 2. The molecular formula is C33H27F3N2O13S. The van der Waals surface area contributed by atoms with E-state index in [-0.39, 0.29) is 33.5 Å². The van der Waals surface area contributed by atoms with Crippen LogP contribution in [0.4, 0.5) is 18.9 Å². The Bertz CT molecular complexity index is 2050. The number of rotatable bonds is 7. The Morgan fingerprint density at radius 2 is 1.65 bits per heavy atom. The quantitative estimate of drug-likeness (QED) is 0.0918. The van der Waals surface area contributed by atoms with E-state index in [1.165, 1.54) is 17.7 Å². The molecule has 19 heteroatoms. The zero-order valence-corrected chi connectivity index (χ0v) is 27.7. The van der Waals surface area contributed by atoms with Gasteiger partial charge in [0.2, 0.25) is 0 Å². The molecule has 3 aromatic rings. The molecule has 1 fully saturated rings. The van der Waals surface area contributed by atoms with E-state index in [4.69, 9.17) is 14.2 Å². The number of benzene rings is 2. The third-order valence-corrected chi connectivity index (χ3v) is 10.0. The molecule has 0 radical (unpaired) electrons. The number of ketones is 3. The number of thiophene rings is 1. The number of alkyl halides is 3. The number of aliphatic hydroxyl groups is 1. The molecule has 0 saturated carbocycles. The van der Waals surface area contributed by atoms with Gasteiger partial charge in [0.05, 0.1) is 39.9 Å². The summed E-state index contributed by atoms with van der Waals surface area (Å²) in [5, 5.41) is 49.8. The Labute approximate surface area is 294 Å². The van der Waals surface area contributed by atoms with E-state index in [0.717, 1.165) is 42.5 Å². The van der Waals surface area contributed by atoms with E-state index in [2.05, 4.69) is 0 Å². The highest BCUT2D eigenvalue weighted by Gasteiger charge is 2.51. The first-order valence-corrected chi connectivity index (χ1v) is 16.4. The van der Waals surface area contributed by atoms with Crippen molar-refractivity contribution in [2.24, 2.45) is 0 Å². The second-order valence-electron chi connectivity index (χ2n) is 12.5. The molecule has 2 aliphatic carbocycles. The second kappa shape index (κ2) is 13.1. The van der Waals surface area contributed by atoms with Gasteiger partial charge >= 0.3 is 18.1 Å². The number of halogens is 3. The van der Waals surface area contributed by atoms with Crippen LogP contribution in [0.1, 0.15) is 86.1 Å². The lowest BCUT2D eigenvalue weighted by Gasteiger charge is -2.43. The van der Waals surface area contributed by atoms with Gasteiger partial charge in [-0.3, -0.25) is 29.3 Å². The topological polar surface area (TPSA) is 229 Å². The molecule has 1 unspecified atom stereocenters. The predicted molar refractivity (Wildman–Crippen MR) is 168 cm³/mol. The van der Waals surface area contributed by atoms with Crippen molar-refractivity contribution in [2.75, 3.05) is 0 Å². The number of amides is 1. The second-order valence-corrected chi connectivity index (χ2v) is 13.3. The summed E-state index contributed by atoms with van der Waals surface area (Å²) in [7, 11) is 0. The first kappa shape index (κ1) is 36.5. The summed E-state index contributed by atoms with van der Waals surface area (Å²) < 4.78 is 57.5. The molecule has 0 spiro atoms. The van der Waals surface area contributed by atoms with Crippen molar-refractivity contribution in [3.8, 4) is 11.5 Å². The van der Waals surface area contributed by atoms with E-state index in [1.54, 1.807) is 5.32 Å². The number of nitrogens with zero attached hydrogens (tertiary/aromatic N) is 1. The van der Waals surface area contributed by atoms with Gasteiger partial charge < -0.3 is 34.8 Å². The maximum absolute atomic E-state index is 13.5. The number of non-ortho nitro benzene ring substituents is 1. The maximum atomic E-state index is 13.5. The monoisotopic (exact) mass is 748 g/mol. The fraction of sp³-hybridized carbons (Fsp3) is 0.364. The summed E-state index contributed by atoms with van der Waals surface area (Å²) in [5.41, 5.74) is -4.58. The van der Waals surface area contributed by atoms with Gasteiger partial charge in [0.25, 0.3) is 5.69 Å². The molecule has 274 valence electrons. The van der Waals surface area contributed by atoms with Crippen molar-refractivity contribution in [1.82, 2.24) is 5.32 Å². The molecule has 0 bridgehead atoms. The van der Waals surface area contributed by atoms with Gasteiger partial charge in [-0.15, -0.1) is 0 Å². The Hall–Kier alpha value is -5.24. The van der Waals surface area contributed by atoms with Gasteiger partial charge in [-0.05, 0) is 26.0 Å². The Balaban J connectivity index is 1.35. The van der Waals surface area contributed by atoms with E-state index in [1.807, 2.05) is 0 Å². The number of carbonyl (C=O) groups is 5. The van der Waals surface area contributed by atoms with E-state index >= 15 is 0 Å². The van der Waals surface area contributed by atoms with Crippen molar-refractivity contribution < 1.29 is 71.6 Å². The number of Topliss-reactive ketones (excluding diaryl/α,β-unsaturated/α-hetero) is 1. The number of ether oxygens (including phenoxy) is 3. The number of hydrogen-bond acceptors (Lipinski definition) is 14. The SMILES string of the molecule is CC(=O)[C@]1(O)Cc2c(O)c3c(c(O)c2[C@H](OC2C[C@H](NC(=O)C(F)(F)F)[C@H](OC(=O)c4ccc([N+](=O)[O-])cc4)[C@H](C)O2)C1)C(=O)c1cscc1C3=O. The molecule has 1 saturated heterocycles. The molecule has 2 aromatic carbocycles. The molecule has 15 nitrogen and oxygen atoms in total. The van der Waals surface area contributed by atoms with Gasteiger partial charge in [-0.25, -0.2) is 4.79 Å². The number of nitro groups is 1. The Morgan fingerprint density at radius 3 is 2.21 bits per heavy atom. The summed E-state index contributed by atoms with van der Waals surface area (Å²) in [4.78, 5) is 74.8. The summed E-state index contributed by atoms with van der Waals surface area (Å²) >= 11 is 1.03.